The van der Waals surface area contributed by atoms with Gasteiger partial charge in [-0.15, -0.1) is 16.4 Å². The third-order valence-electron chi connectivity index (χ3n) is 1.50. The van der Waals surface area contributed by atoms with Crippen molar-refractivity contribution in [1.29, 1.82) is 0 Å². The van der Waals surface area contributed by atoms with Crippen LogP contribution in [-0.4, -0.2) is 14.8 Å². The lowest BCUT2D eigenvalue weighted by atomic mass is 10.5. The number of thiophene rings is 1. The first-order valence-electron chi connectivity index (χ1n) is 3.63. The van der Waals surface area contributed by atoms with Gasteiger partial charge in [-0.3, -0.25) is 0 Å². The minimum Gasteiger partial charge on any atom is -0.367 e. The molecule has 0 unspecified atom stereocenters. The highest BCUT2D eigenvalue weighted by molar-refractivity contribution is 7.16. The highest BCUT2D eigenvalue weighted by Gasteiger charge is 2.00. The van der Waals surface area contributed by atoms with Crippen molar-refractivity contribution in [2.24, 2.45) is 0 Å². The molecule has 13 heavy (non-hydrogen) atoms. The van der Waals surface area contributed by atoms with E-state index in [-0.39, 0.29) is 0 Å². The minimum atomic E-state index is 0.294. The fraction of sp³-hybridized carbons (Fsp3) is 0.143. The Morgan fingerprint density at radius 3 is 2.92 bits per heavy atom. The van der Waals surface area contributed by atoms with E-state index in [1.165, 1.54) is 11.3 Å². The van der Waals surface area contributed by atoms with E-state index in [1.807, 2.05) is 12.1 Å². The third kappa shape index (κ3) is 1.99. The van der Waals surface area contributed by atoms with Crippen molar-refractivity contribution in [3.8, 4) is 0 Å². The van der Waals surface area contributed by atoms with Crippen LogP contribution in [0.2, 0.25) is 4.34 Å². The van der Waals surface area contributed by atoms with Crippen LogP contribution >= 0.6 is 22.9 Å². The Morgan fingerprint density at radius 2 is 2.38 bits per heavy atom. The summed E-state index contributed by atoms with van der Waals surface area (Å²) >= 11 is 7.31. The summed E-state index contributed by atoms with van der Waals surface area (Å²) in [7, 11) is 0. The average Bonchev–Trinajstić information content (AvgIpc) is 2.62. The van der Waals surface area contributed by atoms with Gasteiger partial charge in [0, 0.05) is 4.88 Å². The van der Waals surface area contributed by atoms with Gasteiger partial charge in [0.15, 0.2) is 0 Å². The normalized spacial score (nSPS) is 10.5. The van der Waals surface area contributed by atoms with Crippen molar-refractivity contribution in [1.82, 2.24) is 14.8 Å². The molecule has 68 valence electrons. The van der Waals surface area contributed by atoms with Crippen molar-refractivity contribution in [3.05, 3.63) is 27.7 Å². The van der Waals surface area contributed by atoms with Crippen LogP contribution in [0, 0.1) is 0 Å². The monoisotopic (exact) mass is 214 g/mol. The van der Waals surface area contributed by atoms with Crippen molar-refractivity contribution >= 4 is 28.9 Å². The summed E-state index contributed by atoms with van der Waals surface area (Å²) < 4.78 is 2.46. The number of nitrogens with zero attached hydrogens (tertiary/aromatic N) is 3. The molecule has 4 nitrogen and oxygen atoms in total. The summed E-state index contributed by atoms with van der Waals surface area (Å²) in [6.45, 7) is 0.668. The summed E-state index contributed by atoms with van der Waals surface area (Å²) in [6.07, 6.45) is 1.60. The Labute approximate surface area is 84.0 Å². The van der Waals surface area contributed by atoms with Crippen LogP contribution in [0.15, 0.2) is 18.5 Å². The lowest BCUT2D eigenvalue weighted by Gasteiger charge is -1.94. The third-order valence-corrected chi connectivity index (χ3v) is 2.72. The maximum Gasteiger partial charge on any atom is 0.239 e. The van der Waals surface area contributed by atoms with Crippen LogP contribution in [0.4, 0.5) is 5.95 Å². The summed E-state index contributed by atoms with van der Waals surface area (Å²) in [4.78, 5) is 4.96. The number of hydrogen-bond donors (Lipinski definition) is 1. The molecule has 0 aliphatic heterocycles. The topological polar surface area (TPSA) is 56.7 Å². The maximum absolute atomic E-state index is 5.78. The molecule has 0 aliphatic rings. The number of rotatable bonds is 2. The van der Waals surface area contributed by atoms with Gasteiger partial charge in [-0.05, 0) is 12.1 Å². The van der Waals surface area contributed by atoms with Crippen LogP contribution in [0.5, 0.6) is 0 Å². The highest BCUT2D eigenvalue weighted by Crippen LogP contribution is 2.21. The standard InChI is InChI=1S/C7H7ClN4S/c8-6-2-1-5(13-6)3-12-4-10-7(9)11-12/h1-2,4H,3H2,(H2,9,11). The molecule has 0 fully saturated rings. The first-order chi connectivity index (χ1) is 6.24. The molecule has 2 rings (SSSR count). The molecule has 2 aromatic heterocycles. The Morgan fingerprint density at radius 1 is 1.54 bits per heavy atom. The molecule has 2 heterocycles. The zero-order valence-electron chi connectivity index (χ0n) is 6.64. The van der Waals surface area contributed by atoms with Gasteiger partial charge in [0.2, 0.25) is 5.95 Å². The molecule has 0 bridgehead atoms. The molecule has 0 atom stereocenters. The van der Waals surface area contributed by atoms with Gasteiger partial charge in [0.25, 0.3) is 0 Å². The lowest BCUT2D eigenvalue weighted by molar-refractivity contribution is 0.695. The summed E-state index contributed by atoms with van der Waals surface area (Å²) in [5, 5.41) is 3.96. The molecule has 0 aliphatic carbocycles. The van der Waals surface area contributed by atoms with Crippen molar-refractivity contribution in [3.63, 3.8) is 0 Å². The van der Waals surface area contributed by atoms with Gasteiger partial charge in [-0.1, -0.05) is 11.6 Å². The van der Waals surface area contributed by atoms with Crippen LogP contribution in [0.3, 0.4) is 0 Å². The molecule has 0 aromatic carbocycles. The number of halogens is 1. The molecule has 0 saturated heterocycles. The van der Waals surface area contributed by atoms with Gasteiger partial charge >= 0.3 is 0 Å². The number of hydrogen-bond acceptors (Lipinski definition) is 4. The summed E-state index contributed by atoms with van der Waals surface area (Å²) in [5.41, 5.74) is 5.37. The van der Waals surface area contributed by atoms with Crippen LogP contribution in [0.25, 0.3) is 0 Å². The van der Waals surface area contributed by atoms with Gasteiger partial charge in [-0.25, -0.2) is 9.67 Å². The number of nitrogens with two attached hydrogens (primary N) is 1. The Bertz CT molecular complexity index is 370. The van der Waals surface area contributed by atoms with E-state index in [1.54, 1.807) is 11.0 Å². The molecule has 0 saturated carbocycles. The van der Waals surface area contributed by atoms with Crippen LogP contribution < -0.4 is 5.73 Å². The highest BCUT2D eigenvalue weighted by atomic mass is 35.5. The zero-order chi connectivity index (χ0) is 9.26. The molecular formula is C7H7ClN4S. The lowest BCUT2D eigenvalue weighted by Crippen LogP contribution is -1.99. The summed E-state index contributed by atoms with van der Waals surface area (Å²) in [6, 6.07) is 3.83. The second kappa shape index (κ2) is 3.35. The van der Waals surface area contributed by atoms with Crippen LogP contribution in [0.1, 0.15) is 4.88 Å². The first kappa shape index (κ1) is 8.52. The molecule has 6 heteroatoms. The van der Waals surface area contributed by atoms with E-state index < -0.39 is 0 Å². The molecule has 0 spiro atoms. The van der Waals surface area contributed by atoms with E-state index in [0.717, 1.165) is 9.21 Å². The number of anilines is 1. The van der Waals surface area contributed by atoms with Crippen molar-refractivity contribution < 1.29 is 0 Å². The molecule has 2 aromatic rings. The van der Waals surface area contributed by atoms with E-state index in [4.69, 9.17) is 17.3 Å². The smallest absolute Gasteiger partial charge is 0.239 e. The minimum absolute atomic E-state index is 0.294. The van der Waals surface area contributed by atoms with Gasteiger partial charge in [-0.2, -0.15) is 0 Å². The largest absolute Gasteiger partial charge is 0.367 e. The fourth-order valence-corrected chi connectivity index (χ4v) is 2.06. The van der Waals surface area contributed by atoms with Gasteiger partial charge in [0.1, 0.15) is 6.33 Å². The fourth-order valence-electron chi connectivity index (χ4n) is 0.982. The van der Waals surface area contributed by atoms with E-state index >= 15 is 0 Å². The van der Waals surface area contributed by atoms with Gasteiger partial charge < -0.3 is 5.73 Å². The predicted molar refractivity (Wildman–Crippen MR) is 52.9 cm³/mol. The van der Waals surface area contributed by atoms with Crippen molar-refractivity contribution in [2.75, 3.05) is 5.73 Å². The maximum atomic E-state index is 5.78. The van der Waals surface area contributed by atoms with E-state index in [9.17, 15) is 0 Å². The number of nitrogen functional groups attached to an aromatic ring is 1. The first-order valence-corrected chi connectivity index (χ1v) is 4.82. The Balaban J connectivity index is 2.14. The SMILES string of the molecule is Nc1ncn(Cc2ccc(Cl)s2)n1. The molecule has 0 amide bonds. The quantitative estimate of drug-likeness (QED) is 0.827. The Kier molecular flexibility index (Phi) is 2.20. The van der Waals surface area contributed by atoms with Gasteiger partial charge in [0.05, 0.1) is 10.9 Å². The zero-order valence-corrected chi connectivity index (χ0v) is 8.22. The van der Waals surface area contributed by atoms with Crippen LogP contribution in [-0.2, 0) is 6.54 Å². The Hall–Kier alpha value is -1.07. The predicted octanol–water partition coefficient (Wildman–Crippen LogP) is 1.62. The molecular weight excluding hydrogens is 208 g/mol. The number of aromatic nitrogens is 3. The second-order valence-corrected chi connectivity index (χ2v) is 4.31. The van der Waals surface area contributed by atoms with Crippen molar-refractivity contribution in [2.45, 2.75) is 6.54 Å². The van der Waals surface area contributed by atoms with E-state index in [2.05, 4.69) is 10.1 Å². The average molecular weight is 215 g/mol. The molecule has 2 N–H and O–H groups in total. The molecule has 0 radical (unpaired) electrons. The van der Waals surface area contributed by atoms with E-state index in [0.29, 0.717) is 12.5 Å². The summed E-state index contributed by atoms with van der Waals surface area (Å²) in [5.74, 6) is 0.294. The second-order valence-electron chi connectivity index (χ2n) is 2.51.